The molecule has 0 saturated heterocycles. The van der Waals surface area contributed by atoms with Crippen LogP contribution in [0.1, 0.15) is 10.5 Å². The van der Waals surface area contributed by atoms with Crippen LogP contribution in [0.15, 0.2) is 22.7 Å². The van der Waals surface area contributed by atoms with Gasteiger partial charge in [-0.2, -0.15) is 0 Å². The lowest BCUT2D eigenvalue weighted by Gasteiger charge is -1.91. The standard InChI is InChI=1S/C8H4INO3/c9-4-2-1-3-5-6(4)7(8(11)12)10-13-5/h1-3H,(H,11,12). The summed E-state index contributed by atoms with van der Waals surface area (Å²) in [6.07, 6.45) is 0. The van der Waals surface area contributed by atoms with Gasteiger partial charge in [0.25, 0.3) is 0 Å². The van der Waals surface area contributed by atoms with E-state index in [-0.39, 0.29) is 5.69 Å². The van der Waals surface area contributed by atoms with Crippen molar-refractivity contribution in [2.45, 2.75) is 0 Å². The van der Waals surface area contributed by atoms with Gasteiger partial charge in [0.2, 0.25) is 0 Å². The molecular formula is C8H4INO3. The highest BCUT2D eigenvalue weighted by atomic mass is 127. The number of benzene rings is 1. The summed E-state index contributed by atoms with van der Waals surface area (Å²) in [5, 5.41) is 12.8. The molecule has 4 nitrogen and oxygen atoms in total. The first-order valence-electron chi connectivity index (χ1n) is 3.47. The van der Waals surface area contributed by atoms with Gasteiger partial charge in [-0.15, -0.1) is 0 Å². The Balaban J connectivity index is 2.86. The lowest BCUT2D eigenvalue weighted by Crippen LogP contribution is -1.97. The van der Waals surface area contributed by atoms with E-state index in [4.69, 9.17) is 9.63 Å². The number of carboxylic acids is 1. The van der Waals surface area contributed by atoms with E-state index in [9.17, 15) is 4.79 Å². The van der Waals surface area contributed by atoms with E-state index in [0.717, 1.165) is 3.57 Å². The summed E-state index contributed by atoms with van der Waals surface area (Å²) in [5.41, 5.74) is 0.476. The van der Waals surface area contributed by atoms with E-state index in [0.29, 0.717) is 11.0 Å². The Hall–Kier alpha value is -1.11. The van der Waals surface area contributed by atoms with Crippen molar-refractivity contribution >= 4 is 39.5 Å². The minimum absolute atomic E-state index is 0.0278. The van der Waals surface area contributed by atoms with Gasteiger partial charge in [-0.1, -0.05) is 11.2 Å². The van der Waals surface area contributed by atoms with Crippen LogP contribution >= 0.6 is 22.6 Å². The maximum Gasteiger partial charge on any atom is 0.358 e. The summed E-state index contributed by atoms with van der Waals surface area (Å²) in [7, 11) is 0. The molecule has 1 aromatic carbocycles. The number of fused-ring (bicyclic) bond motifs is 1. The van der Waals surface area contributed by atoms with Gasteiger partial charge < -0.3 is 9.63 Å². The maximum absolute atomic E-state index is 10.7. The molecule has 1 N–H and O–H groups in total. The van der Waals surface area contributed by atoms with Gasteiger partial charge in [0.05, 0.1) is 5.39 Å². The van der Waals surface area contributed by atoms with E-state index in [1.165, 1.54) is 0 Å². The zero-order valence-corrected chi connectivity index (χ0v) is 8.48. The maximum atomic E-state index is 10.7. The van der Waals surface area contributed by atoms with Crippen molar-refractivity contribution in [3.63, 3.8) is 0 Å². The second-order valence-electron chi connectivity index (χ2n) is 2.45. The number of carboxylic acid groups (broad SMARTS) is 1. The zero-order valence-electron chi connectivity index (χ0n) is 6.32. The topological polar surface area (TPSA) is 63.3 Å². The molecule has 1 aromatic heterocycles. The molecule has 2 rings (SSSR count). The fraction of sp³-hybridized carbons (Fsp3) is 0. The summed E-state index contributed by atoms with van der Waals surface area (Å²) in [6.45, 7) is 0. The fourth-order valence-electron chi connectivity index (χ4n) is 1.10. The normalized spacial score (nSPS) is 10.5. The van der Waals surface area contributed by atoms with Crippen molar-refractivity contribution in [1.29, 1.82) is 0 Å². The quantitative estimate of drug-likeness (QED) is 0.817. The Labute approximate surface area is 86.7 Å². The van der Waals surface area contributed by atoms with Crippen LogP contribution in [0.3, 0.4) is 0 Å². The predicted molar refractivity (Wildman–Crippen MR) is 53.7 cm³/mol. The third-order valence-corrected chi connectivity index (χ3v) is 2.55. The van der Waals surface area contributed by atoms with Gasteiger partial charge in [-0.3, -0.25) is 0 Å². The summed E-state index contributed by atoms with van der Waals surface area (Å²) in [5.74, 6) is -1.07. The summed E-state index contributed by atoms with van der Waals surface area (Å²) in [6, 6.07) is 5.30. The molecule has 0 aliphatic rings. The highest BCUT2D eigenvalue weighted by molar-refractivity contribution is 14.1. The molecule has 2 aromatic rings. The van der Waals surface area contributed by atoms with Crippen molar-refractivity contribution in [3.8, 4) is 0 Å². The van der Waals surface area contributed by atoms with Gasteiger partial charge in [-0.05, 0) is 34.7 Å². The summed E-state index contributed by atoms with van der Waals surface area (Å²) in [4.78, 5) is 10.7. The third-order valence-electron chi connectivity index (χ3n) is 1.65. The van der Waals surface area contributed by atoms with E-state index in [1.54, 1.807) is 12.1 Å². The summed E-state index contributed by atoms with van der Waals surface area (Å²) >= 11 is 2.05. The molecule has 0 fully saturated rings. The molecule has 5 heteroatoms. The lowest BCUT2D eigenvalue weighted by atomic mass is 10.2. The number of nitrogens with zero attached hydrogens (tertiary/aromatic N) is 1. The van der Waals surface area contributed by atoms with Crippen molar-refractivity contribution < 1.29 is 14.4 Å². The molecule has 13 heavy (non-hydrogen) atoms. The van der Waals surface area contributed by atoms with Crippen LogP contribution in [-0.4, -0.2) is 16.2 Å². The average molecular weight is 289 g/mol. The van der Waals surface area contributed by atoms with Crippen molar-refractivity contribution in [2.75, 3.05) is 0 Å². The molecule has 0 radical (unpaired) electrons. The Morgan fingerprint density at radius 2 is 2.31 bits per heavy atom. The Bertz CT molecular complexity index is 477. The largest absolute Gasteiger partial charge is 0.476 e. The fourth-order valence-corrected chi connectivity index (χ4v) is 1.83. The second kappa shape index (κ2) is 2.99. The Morgan fingerprint density at radius 3 is 3.00 bits per heavy atom. The number of rotatable bonds is 1. The van der Waals surface area contributed by atoms with Crippen molar-refractivity contribution in [2.24, 2.45) is 0 Å². The molecular weight excluding hydrogens is 285 g/mol. The van der Waals surface area contributed by atoms with Crippen LogP contribution in [0.4, 0.5) is 0 Å². The number of carbonyl (C=O) groups is 1. The molecule has 66 valence electrons. The first-order valence-corrected chi connectivity index (χ1v) is 4.55. The predicted octanol–water partition coefficient (Wildman–Crippen LogP) is 2.13. The smallest absolute Gasteiger partial charge is 0.358 e. The van der Waals surface area contributed by atoms with Crippen molar-refractivity contribution in [1.82, 2.24) is 5.16 Å². The Kier molecular flexibility index (Phi) is 1.95. The van der Waals surface area contributed by atoms with Crippen LogP contribution in [-0.2, 0) is 0 Å². The monoisotopic (exact) mass is 289 g/mol. The molecule has 1 heterocycles. The first-order chi connectivity index (χ1) is 6.20. The van der Waals surface area contributed by atoms with E-state index in [1.807, 2.05) is 6.07 Å². The van der Waals surface area contributed by atoms with Gasteiger partial charge in [0.15, 0.2) is 11.3 Å². The van der Waals surface area contributed by atoms with Gasteiger partial charge in [-0.25, -0.2) is 4.79 Å². The van der Waals surface area contributed by atoms with E-state index >= 15 is 0 Å². The number of hydrogen-bond donors (Lipinski definition) is 1. The highest BCUT2D eigenvalue weighted by Gasteiger charge is 2.16. The lowest BCUT2D eigenvalue weighted by molar-refractivity contribution is 0.0688. The van der Waals surface area contributed by atoms with Crippen LogP contribution < -0.4 is 0 Å². The molecule has 0 bridgehead atoms. The minimum Gasteiger partial charge on any atom is -0.476 e. The molecule has 0 spiro atoms. The number of aromatic carboxylic acids is 1. The van der Waals surface area contributed by atoms with Crippen LogP contribution in [0.2, 0.25) is 0 Å². The molecule has 0 atom stereocenters. The second-order valence-corrected chi connectivity index (χ2v) is 3.61. The van der Waals surface area contributed by atoms with Crippen LogP contribution in [0.5, 0.6) is 0 Å². The minimum atomic E-state index is -1.07. The van der Waals surface area contributed by atoms with Crippen molar-refractivity contribution in [3.05, 3.63) is 27.5 Å². The van der Waals surface area contributed by atoms with Gasteiger partial charge >= 0.3 is 5.97 Å². The van der Waals surface area contributed by atoms with Gasteiger partial charge in [0, 0.05) is 3.57 Å². The first kappa shape index (κ1) is 8.49. The number of halogens is 1. The number of hydrogen-bond acceptors (Lipinski definition) is 3. The molecule has 0 amide bonds. The van der Waals surface area contributed by atoms with E-state index < -0.39 is 5.97 Å². The molecule has 0 saturated carbocycles. The Morgan fingerprint density at radius 1 is 1.54 bits per heavy atom. The van der Waals surface area contributed by atoms with E-state index in [2.05, 4.69) is 27.7 Å². The zero-order chi connectivity index (χ0) is 9.42. The number of aromatic nitrogens is 1. The highest BCUT2D eigenvalue weighted by Crippen LogP contribution is 2.23. The SMILES string of the molecule is O=C(O)c1noc2cccc(I)c12. The van der Waals surface area contributed by atoms with Crippen LogP contribution in [0, 0.1) is 3.57 Å². The van der Waals surface area contributed by atoms with Gasteiger partial charge in [0.1, 0.15) is 0 Å². The average Bonchev–Trinajstić information content (AvgIpc) is 2.49. The van der Waals surface area contributed by atoms with Crippen LogP contribution in [0.25, 0.3) is 11.0 Å². The third kappa shape index (κ3) is 1.28. The molecule has 0 aliphatic carbocycles. The molecule has 0 unspecified atom stereocenters. The molecule has 0 aliphatic heterocycles. The summed E-state index contributed by atoms with van der Waals surface area (Å²) < 4.78 is 5.68.